The predicted octanol–water partition coefficient (Wildman–Crippen LogP) is -0.370. The molecule has 6 heteroatoms. The predicted molar refractivity (Wildman–Crippen MR) is 64.3 cm³/mol. The van der Waals surface area contributed by atoms with Crippen LogP contribution in [0.3, 0.4) is 0 Å². The van der Waals surface area contributed by atoms with Crippen LogP contribution in [0.25, 0.3) is 0 Å². The average molecular weight is 255 g/mol. The first-order chi connectivity index (χ1) is 8.50. The Labute approximate surface area is 105 Å². The lowest BCUT2D eigenvalue weighted by molar-refractivity contribution is -0.126. The maximum atomic E-state index is 11.5. The molecule has 1 aromatic rings. The fraction of sp³-hybridized carbons (Fsp3) is 0.417. The van der Waals surface area contributed by atoms with Gasteiger partial charge in [0.05, 0.1) is 18.8 Å². The van der Waals surface area contributed by atoms with Crippen molar-refractivity contribution in [2.75, 3.05) is 19.8 Å². The number of rotatable bonds is 6. The largest absolute Gasteiger partial charge is 0.504 e. The molecule has 0 saturated carbocycles. The Hall–Kier alpha value is -1.79. The lowest BCUT2D eigenvalue weighted by Crippen LogP contribution is -2.53. The van der Waals surface area contributed by atoms with Gasteiger partial charge in [-0.15, -0.1) is 0 Å². The fourth-order valence-electron chi connectivity index (χ4n) is 1.22. The van der Waals surface area contributed by atoms with Crippen LogP contribution < -0.4 is 10.1 Å². The van der Waals surface area contributed by atoms with Crippen molar-refractivity contribution in [2.24, 2.45) is 0 Å². The Balaban J connectivity index is 2.50. The van der Waals surface area contributed by atoms with Gasteiger partial charge in [0.25, 0.3) is 5.91 Å². The number of phenolic OH excluding ortho intramolecular Hbond substituents is 1. The van der Waals surface area contributed by atoms with E-state index in [-0.39, 0.29) is 31.3 Å². The van der Waals surface area contributed by atoms with Gasteiger partial charge in [0, 0.05) is 0 Å². The van der Waals surface area contributed by atoms with Gasteiger partial charge in [-0.1, -0.05) is 12.1 Å². The first-order valence-corrected chi connectivity index (χ1v) is 5.44. The molecule has 4 N–H and O–H groups in total. The number of carbonyl (C=O) groups is 1. The molecule has 6 nitrogen and oxygen atoms in total. The number of carbonyl (C=O) groups excluding carboxylic acids is 1. The number of aliphatic hydroxyl groups is 2. The molecule has 18 heavy (non-hydrogen) atoms. The third kappa shape index (κ3) is 3.90. The molecular formula is C12H17NO5. The molecule has 1 aromatic carbocycles. The van der Waals surface area contributed by atoms with Gasteiger partial charge in [-0.2, -0.15) is 0 Å². The molecule has 0 atom stereocenters. The van der Waals surface area contributed by atoms with Gasteiger partial charge in [0.1, 0.15) is 0 Å². The highest BCUT2D eigenvalue weighted by atomic mass is 16.5. The van der Waals surface area contributed by atoms with E-state index in [1.165, 1.54) is 19.1 Å². The molecule has 0 saturated heterocycles. The summed E-state index contributed by atoms with van der Waals surface area (Å²) in [5.41, 5.74) is -1.08. The molecule has 1 rings (SSSR count). The highest BCUT2D eigenvalue weighted by Crippen LogP contribution is 2.23. The molecular weight excluding hydrogens is 238 g/mol. The average Bonchev–Trinajstić information content (AvgIpc) is 2.37. The molecule has 0 aliphatic heterocycles. The Morgan fingerprint density at radius 2 is 1.94 bits per heavy atom. The number of para-hydroxylation sites is 2. The van der Waals surface area contributed by atoms with Crippen LogP contribution in [0, 0.1) is 0 Å². The van der Waals surface area contributed by atoms with Gasteiger partial charge < -0.3 is 25.4 Å². The molecule has 0 radical (unpaired) electrons. The number of phenols is 1. The molecule has 0 aliphatic carbocycles. The minimum absolute atomic E-state index is 0.0580. The normalized spacial score (nSPS) is 11.1. The van der Waals surface area contributed by atoms with Gasteiger partial charge in [-0.3, -0.25) is 4.79 Å². The smallest absolute Gasteiger partial charge is 0.258 e. The SMILES string of the molecule is CC(CO)(CO)NC(=O)COc1ccccc1O. The lowest BCUT2D eigenvalue weighted by Gasteiger charge is -2.26. The van der Waals surface area contributed by atoms with E-state index < -0.39 is 11.4 Å². The maximum Gasteiger partial charge on any atom is 0.258 e. The summed E-state index contributed by atoms with van der Waals surface area (Å²) in [5.74, 6) is -0.358. The van der Waals surface area contributed by atoms with Crippen molar-refractivity contribution in [1.82, 2.24) is 5.32 Å². The number of aromatic hydroxyl groups is 1. The monoisotopic (exact) mass is 255 g/mol. The van der Waals surface area contributed by atoms with E-state index in [0.717, 1.165) is 0 Å². The molecule has 0 fully saturated rings. The number of benzene rings is 1. The van der Waals surface area contributed by atoms with Crippen LogP contribution in [0.15, 0.2) is 24.3 Å². The number of hydrogen-bond acceptors (Lipinski definition) is 5. The van der Waals surface area contributed by atoms with Gasteiger partial charge in [-0.05, 0) is 19.1 Å². The first kappa shape index (κ1) is 14.3. The Morgan fingerprint density at radius 3 is 2.50 bits per heavy atom. The Kier molecular flexibility index (Phi) is 4.94. The Morgan fingerprint density at radius 1 is 1.33 bits per heavy atom. The summed E-state index contributed by atoms with van der Waals surface area (Å²) >= 11 is 0. The second-order valence-electron chi connectivity index (χ2n) is 4.18. The van der Waals surface area contributed by atoms with E-state index in [1.807, 2.05) is 0 Å². The van der Waals surface area contributed by atoms with E-state index in [4.69, 9.17) is 14.9 Å². The van der Waals surface area contributed by atoms with Crippen LogP contribution in [0.1, 0.15) is 6.92 Å². The Bertz CT molecular complexity index is 403. The summed E-state index contributed by atoms with van der Waals surface area (Å²) in [6.45, 7) is 0.426. The van der Waals surface area contributed by atoms with Crippen molar-refractivity contribution >= 4 is 5.91 Å². The topological polar surface area (TPSA) is 99.0 Å². The van der Waals surface area contributed by atoms with Crippen molar-refractivity contribution in [2.45, 2.75) is 12.5 Å². The van der Waals surface area contributed by atoms with Crippen molar-refractivity contribution in [3.8, 4) is 11.5 Å². The van der Waals surface area contributed by atoms with Crippen molar-refractivity contribution in [3.63, 3.8) is 0 Å². The summed E-state index contributed by atoms with van der Waals surface area (Å²) in [6.07, 6.45) is 0. The highest BCUT2D eigenvalue weighted by molar-refractivity contribution is 5.78. The third-order valence-corrected chi connectivity index (χ3v) is 2.36. The second kappa shape index (κ2) is 6.23. The van der Waals surface area contributed by atoms with E-state index in [9.17, 15) is 9.90 Å². The zero-order valence-corrected chi connectivity index (χ0v) is 10.1. The first-order valence-electron chi connectivity index (χ1n) is 5.44. The van der Waals surface area contributed by atoms with E-state index in [2.05, 4.69) is 5.32 Å². The number of aliphatic hydroxyl groups excluding tert-OH is 2. The number of amides is 1. The van der Waals surface area contributed by atoms with E-state index in [0.29, 0.717) is 0 Å². The molecule has 1 amide bonds. The summed E-state index contributed by atoms with van der Waals surface area (Å²) in [6, 6.07) is 6.27. The van der Waals surface area contributed by atoms with Crippen molar-refractivity contribution in [1.29, 1.82) is 0 Å². The number of hydrogen-bond donors (Lipinski definition) is 4. The quantitative estimate of drug-likeness (QED) is 0.556. The van der Waals surface area contributed by atoms with Crippen LogP contribution in [-0.4, -0.2) is 46.6 Å². The van der Waals surface area contributed by atoms with Crippen molar-refractivity contribution < 1.29 is 24.9 Å². The minimum atomic E-state index is -1.08. The third-order valence-electron chi connectivity index (χ3n) is 2.36. The number of nitrogens with one attached hydrogen (secondary N) is 1. The number of ether oxygens (including phenoxy) is 1. The van der Waals surface area contributed by atoms with Gasteiger partial charge >= 0.3 is 0 Å². The van der Waals surface area contributed by atoms with Crippen LogP contribution in [0.4, 0.5) is 0 Å². The zero-order chi connectivity index (χ0) is 13.6. The zero-order valence-electron chi connectivity index (χ0n) is 10.1. The molecule has 0 bridgehead atoms. The molecule has 0 unspecified atom stereocenters. The van der Waals surface area contributed by atoms with E-state index >= 15 is 0 Å². The summed E-state index contributed by atoms with van der Waals surface area (Å²) in [7, 11) is 0. The molecule has 0 aliphatic rings. The summed E-state index contributed by atoms with van der Waals surface area (Å²) < 4.78 is 5.11. The second-order valence-corrected chi connectivity index (χ2v) is 4.18. The van der Waals surface area contributed by atoms with Crippen molar-refractivity contribution in [3.05, 3.63) is 24.3 Å². The van der Waals surface area contributed by atoms with Crippen LogP contribution in [-0.2, 0) is 4.79 Å². The molecule has 100 valence electrons. The van der Waals surface area contributed by atoms with Crippen LogP contribution in [0.2, 0.25) is 0 Å². The van der Waals surface area contributed by atoms with Crippen LogP contribution >= 0.6 is 0 Å². The molecule has 0 heterocycles. The summed E-state index contributed by atoms with van der Waals surface area (Å²) in [4.78, 5) is 11.5. The lowest BCUT2D eigenvalue weighted by atomic mass is 10.1. The standard InChI is InChI=1S/C12H17NO5/c1-12(7-14,8-15)13-11(17)6-18-10-5-3-2-4-9(10)16/h2-5,14-16H,6-8H2,1H3,(H,13,17). The molecule has 0 spiro atoms. The highest BCUT2D eigenvalue weighted by Gasteiger charge is 2.24. The van der Waals surface area contributed by atoms with Gasteiger partial charge in [-0.25, -0.2) is 0 Å². The minimum Gasteiger partial charge on any atom is -0.504 e. The van der Waals surface area contributed by atoms with Crippen LogP contribution in [0.5, 0.6) is 11.5 Å². The van der Waals surface area contributed by atoms with E-state index in [1.54, 1.807) is 12.1 Å². The van der Waals surface area contributed by atoms with Gasteiger partial charge in [0.15, 0.2) is 18.1 Å². The summed E-state index contributed by atoms with van der Waals surface area (Å²) in [5, 5.41) is 29.9. The van der Waals surface area contributed by atoms with Gasteiger partial charge in [0.2, 0.25) is 0 Å². The fourth-order valence-corrected chi connectivity index (χ4v) is 1.22. The molecule has 0 aromatic heterocycles. The maximum absolute atomic E-state index is 11.5.